The second kappa shape index (κ2) is 10.3. The van der Waals surface area contributed by atoms with Crippen molar-refractivity contribution in [1.29, 1.82) is 0 Å². The fourth-order valence-corrected chi connectivity index (χ4v) is 3.91. The highest BCUT2D eigenvalue weighted by Crippen LogP contribution is 2.29. The van der Waals surface area contributed by atoms with Gasteiger partial charge in [-0.2, -0.15) is 0 Å². The summed E-state index contributed by atoms with van der Waals surface area (Å²) in [6.07, 6.45) is 2.42. The SMILES string of the molecule is COc1ccc(OC)c(NC(=O)CN2CCC(CC(=O)c3ccccc3C)CC2)c1. The molecule has 1 aliphatic heterocycles. The van der Waals surface area contributed by atoms with Crippen LogP contribution in [0.2, 0.25) is 0 Å². The van der Waals surface area contributed by atoms with E-state index in [1.54, 1.807) is 32.4 Å². The summed E-state index contributed by atoms with van der Waals surface area (Å²) in [5.74, 6) is 1.75. The third kappa shape index (κ3) is 5.60. The zero-order chi connectivity index (χ0) is 21.5. The minimum Gasteiger partial charge on any atom is -0.497 e. The lowest BCUT2D eigenvalue weighted by molar-refractivity contribution is -0.117. The van der Waals surface area contributed by atoms with Crippen LogP contribution in [-0.4, -0.2) is 50.4 Å². The number of Topliss-reactive ketones (excluding diaryl/α,β-unsaturated/α-hetero) is 1. The van der Waals surface area contributed by atoms with Gasteiger partial charge in [-0.3, -0.25) is 14.5 Å². The number of nitrogens with one attached hydrogen (secondary N) is 1. The zero-order valence-electron chi connectivity index (χ0n) is 17.9. The number of carbonyl (C=O) groups is 2. The molecule has 0 aliphatic carbocycles. The van der Waals surface area contributed by atoms with E-state index in [4.69, 9.17) is 9.47 Å². The first-order chi connectivity index (χ1) is 14.5. The first kappa shape index (κ1) is 21.8. The molecule has 6 heteroatoms. The molecule has 6 nitrogen and oxygen atoms in total. The third-order valence-electron chi connectivity index (χ3n) is 5.67. The van der Waals surface area contributed by atoms with Gasteiger partial charge >= 0.3 is 0 Å². The molecule has 2 aromatic carbocycles. The fourth-order valence-electron chi connectivity index (χ4n) is 3.91. The smallest absolute Gasteiger partial charge is 0.238 e. The van der Waals surface area contributed by atoms with E-state index >= 15 is 0 Å². The van der Waals surface area contributed by atoms with Crippen LogP contribution in [0.1, 0.15) is 35.2 Å². The summed E-state index contributed by atoms with van der Waals surface area (Å²) in [6.45, 7) is 3.92. The van der Waals surface area contributed by atoms with Gasteiger partial charge in [0.2, 0.25) is 5.91 Å². The minimum atomic E-state index is -0.0870. The number of ketones is 1. The standard InChI is InChI=1S/C24H30N2O4/c1-17-6-4-5-7-20(17)22(27)14-18-10-12-26(13-11-18)16-24(28)25-21-15-19(29-2)8-9-23(21)30-3/h4-9,15,18H,10-14,16H2,1-3H3,(H,25,28). The van der Waals surface area contributed by atoms with E-state index in [-0.39, 0.29) is 11.7 Å². The average Bonchev–Trinajstić information content (AvgIpc) is 2.75. The summed E-state index contributed by atoms with van der Waals surface area (Å²) in [4.78, 5) is 27.3. The van der Waals surface area contributed by atoms with Crippen LogP contribution in [0.15, 0.2) is 42.5 Å². The van der Waals surface area contributed by atoms with Crippen molar-refractivity contribution < 1.29 is 19.1 Å². The summed E-state index contributed by atoms with van der Waals surface area (Å²) in [7, 11) is 3.15. The van der Waals surface area contributed by atoms with Gasteiger partial charge in [-0.1, -0.05) is 24.3 Å². The summed E-state index contributed by atoms with van der Waals surface area (Å²) in [5.41, 5.74) is 2.46. The molecule has 1 aliphatic rings. The van der Waals surface area contributed by atoms with Crippen LogP contribution in [0.4, 0.5) is 5.69 Å². The molecule has 0 radical (unpaired) electrons. The van der Waals surface area contributed by atoms with Gasteiger partial charge < -0.3 is 14.8 Å². The Balaban J connectivity index is 1.48. The van der Waals surface area contributed by atoms with E-state index in [0.717, 1.165) is 37.1 Å². The van der Waals surface area contributed by atoms with Crippen molar-refractivity contribution in [3.63, 3.8) is 0 Å². The van der Waals surface area contributed by atoms with Crippen LogP contribution in [-0.2, 0) is 4.79 Å². The normalized spacial score (nSPS) is 14.9. The molecule has 1 N–H and O–H groups in total. The Bertz CT molecular complexity index is 889. The van der Waals surface area contributed by atoms with Gasteiger partial charge in [0.1, 0.15) is 11.5 Å². The molecule has 30 heavy (non-hydrogen) atoms. The van der Waals surface area contributed by atoms with Crippen LogP contribution >= 0.6 is 0 Å². The van der Waals surface area contributed by atoms with Crippen molar-refractivity contribution >= 4 is 17.4 Å². The zero-order valence-corrected chi connectivity index (χ0v) is 17.9. The number of rotatable bonds is 8. The summed E-state index contributed by atoms with van der Waals surface area (Å²) >= 11 is 0. The number of anilines is 1. The van der Waals surface area contributed by atoms with Crippen molar-refractivity contribution in [3.8, 4) is 11.5 Å². The van der Waals surface area contributed by atoms with Gasteiger partial charge in [-0.05, 0) is 56.5 Å². The molecule has 0 saturated carbocycles. The number of hydrogen-bond donors (Lipinski definition) is 1. The minimum absolute atomic E-state index is 0.0870. The lowest BCUT2D eigenvalue weighted by atomic mass is 9.89. The Morgan fingerprint density at radius 2 is 1.80 bits per heavy atom. The fraction of sp³-hybridized carbons (Fsp3) is 0.417. The number of likely N-dealkylation sites (tertiary alicyclic amines) is 1. The predicted molar refractivity (Wildman–Crippen MR) is 117 cm³/mol. The summed E-state index contributed by atoms with van der Waals surface area (Å²) in [6, 6.07) is 13.1. The molecule has 160 valence electrons. The van der Waals surface area contributed by atoms with Gasteiger partial charge in [-0.15, -0.1) is 0 Å². The first-order valence-corrected chi connectivity index (χ1v) is 10.3. The number of ether oxygens (including phenoxy) is 2. The quantitative estimate of drug-likeness (QED) is 0.668. The number of aryl methyl sites for hydroxylation is 1. The van der Waals surface area contributed by atoms with E-state index in [2.05, 4.69) is 10.2 Å². The topological polar surface area (TPSA) is 67.9 Å². The maximum atomic E-state index is 12.6. The van der Waals surface area contributed by atoms with E-state index in [0.29, 0.717) is 36.1 Å². The Morgan fingerprint density at radius 3 is 2.47 bits per heavy atom. The molecular formula is C24H30N2O4. The number of piperidine rings is 1. The van der Waals surface area contributed by atoms with E-state index in [1.165, 1.54) is 0 Å². The van der Waals surface area contributed by atoms with Crippen LogP contribution < -0.4 is 14.8 Å². The average molecular weight is 411 g/mol. The molecule has 0 aromatic heterocycles. The number of methoxy groups -OCH3 is 2. The summed E-state index contributed by atoms with van der Waals surface area (Å²) in [5, 5.41) is 2.91. The molecule has 2 aromatic rings. The van der Waals surface area contributed by atoms with Gasteiger partial charge in [0, 0.05) is 18.1 Å². The summed E-state index contributed by atoms with van der Waals surface area (Å²) < 4.78 is 10.5. The number of hydrogen-bond acceptors (Lipinski definition) is 5. The number of carbonyl (C=O) groups excluding carboxylic acids is 2. The Kier molecular flexibility index (Phi) is 7.46. The Morgan fingerprint density at radius 1 is 1.07 bits per heavy atom. The van der Waals surface area contributed by atoms with Crippen LogP contribution in [0.25, 0.3) is 0 Å². The number of amides is 1. The molecule has 0 bridgehead atoms. The molecule has 1 amide bonds. The van der Waals surface area contributed by atoms with E-state index < -0.39 is 0 Å². The van der Waals surface area contributed by atoms with Crippen molar-refractivity contribution in [1.82, 2.24) is 4.90 Å². The second-order valence-corrected chi connectivity index (χ2v) is 7.78. The van der Waals surface area contributed by atoms with Crippen LogP contribution in [0, 0.1) is 12.8 Å². The predicted octanol–water partition coefficient (Wildman–Crippen LogP) is 3.94. The Labute approximate surface area is 178 Å². The largest absolute Gasteiger partial charge is 0.497 e. The van der Waals surface area contributed by atoms with E-state index in [9.17, 15) is 9.59 Å². The molecule has 1 heterocycles. The highest BCUT2D eigenvalue weighted by molar-refractivity contribution is 5.97. The van der Waals surface area contributed by atoms with Crippen molar-refractivity contribution in [2.75, 3.05) is 39.2 Å². The lowest BCUT2D eigenvalue weighted by Gasteiger charge is -2.31. The highest BCUT2D eigenvalue weighted by Gasteiger charge is 2.24. The van der Waals surface area contributed by atoms with Gasteiger partial charge in [-0.25, -0.2) is 0 Å². The van der Waals surface area contributed by atoms with Crippen molar-refractivity contribution in [3.05, 3.63) is 53.6 Å². The van der Waals surface area contributed by atoms with Gasteiger partial charge in [0.15, 0.2) is 5.78 Å². The lowest BCUT2D eigenvalue weighted by Crippen LogP contribution is -2.39. The molecule has 0 unspecified atom stereocenters. The molecule has 0 spiro atoms. The van der Waals surface area contributed by atoms with Gasteiger partial charge in [0.05, 0.1) is 26.5 Å². The molecule has 3 rings (SSSR count). The maximum absolute atomic E-state index is 12.6. The first-order valence-electron chi connectivity index (χ1n) is 10.3. The van der Waals surface area contributed by atoms with Gasteiger partial charge in [0.25, 0.3) is 0 Å². The third-order valence-corrected chi connectivity index (χ3v) is 5.67. The molecule has 1 saturated heterocycles. The molecule has 0 atom stereocenters. The molecular weight excluding hydrogens is 380 g/mol. The van der Waals surface area contributed by atoms with Crippen molar-refractivity contribution in [2.45, 2.75) is 26.2 Å². The monoisotopic (exact) mass is 410 g/mol. The van der Waals surface area contributed by atoms with Crippen molar-refractivity contribution in [2.24, 2.45) is 5.92 Å². The highest BCUT2D eigenvalue weighted by atomic mass is 16.5. The number of benzene rings is 2. The van der Waals surface area contributed by atoms with Crippen LogP contribution in [0.5, 0.6) is 11.5 Å². The maximum Gasteiger partial charge on any atom is 0.238 e. The van der Waals surface area contributed by atoms with E-state index in [1.807, 2.05) is 31.2 Å². The Hall–Kier alpha value is -2.86. The molecule has 1 fully saturated rings. The second-order valence-electron chi connectivity index (χ2n) is 7.78. The van der Waals surface area contributed by atoms with Crippen LogP contribution in [0.3, 0.4) is 0 Å². The number of nitrogens with zero attached hydrogens (tertiary/aromatic N) is 1.